The van der Waals surface area contributed by atoms with Crippen molar-refractivity contribution in [3.63, 3.8) is 0 Å². The Morgan fingerprint density at radius 3 is 2.38 bits per heavy atom. The molecule has 0 radical (unpaired) electrons. The third-order valence-corrected chi connectivity index (χ3v) is 2.10. The van der Waals surface area contributed by atoms with Gasteiger partial charge in [0, 0.05) is 6.54 Å². The molecule has 21 heavy (non-hydrogen) atoms. The fourth-order valence-electron chi connectivity index (χ4n) is 1.24. The van der Waals surface area contributed by atoms with E-state index in [1.165, 1.54) is 6.08 Å². The predicted molar refractivity (Wildman–Crippen MR) is 76.6 cm³/mol. The number of nitrogens with zero attached hydrogens (tertiary/aromatic N) is 2. The molecule has 0 aromatic rings. The second kappa shape index (κ2) is 9.13. The van der Waals surface area contributed by atoms with Gasteiger partial charge >= 0.3 is 12.1 Å². The van der Waals surface area contributed by atoms with Crippen molar-refractivity contribution < 1.29 is 23.9 Å². The molecule has 0 atom stereocenters. The Balaban J connectivity index is 4.61. The molecule has 0 aromatic carbocycles. The minimum absolute atomic E-state index is 0.0558. The number of carbonyl (C=O) groups is 2. The number of isocyanates is 1. The summed E-state index contributed by atoms with van der Waals surface area (Å²) in [6.07, 6.45) is 0.736. The van der Waals surface area contributed by atoms with Crippen LogP contribution in [0, 0.1) is 5.92 Å². The maximum atomic E-state index is 12.0. The topological polar surface area (TPSA) is 85.3 Å². The zero-order chi connectivity index (χ0) is 16.5. The minimum atomic E-state index is -0.675. The summed E-state index contributed by atoms with van der Waals surface area (Å²) >= 11 is 0. The average Bonchev–Trinajstić information content (AvgIpc) is 2.33. The highest BCUT2D eigenvalue weighted by Crippen LogP contribution is 2.10. The molecule has 1 amide bonds. The third-order valence-electron chi connectivity index (χ3n) is 2.10. The molecule has 0 aliphatic rings. The molecular weight excluding hydrogens is 276 g/mol. The molecule has 0 saturated heterocycles. The first-order chi connectivity index (χ1) is 9.65. The summed E-state index contributed by atoms with van der Waals surface area (Å²) in [4.78, 5) is 38.3. The summed E-state index contributed by atoms with van der Waals surface area (Å²) in [5.74, 6) is -0.312. The molecule has 0 heterocycles. The molecule has 7 nitrogen and oxygen atoms in total. The molecule has 0 aromatic heterocycles. The van der Waals surface area contributed by atoms with Crippen LogP contribution >= 0.6 is 0 Å². The van der Waals surface area contributed by atoms with E-state index in [2.05, 4.69) is 4.99 Å². The molecule has 0 fully saturated rings. The predicted octanol–water partition coefficient (Wildman–Crippen LogP) is 1.76. The van der Waals surface area contributed by atoms with Gasteiger partial charge in [0.05, 0.1) is 13.2 Å². The first-order valence-electron chi connectivity index (χ1n) is 6.83. The van der Waals surface area contributed by atoms with Crippen molar-refractivity contribution in [3.8, 4) is 0 Å². The van der Waals surface area contributed by atoms with E-state index in [0.29, 0.717) is 0 Å². The van der Waals surface area contributed by atoms with Crippen LogP contribution in [0.5, 0.6) is 0 Å². The van der Waals surface area contributed by atoms with Crippen LogP contribution in [0.15, 0.2) is 4.99 Å². The van der Waals surface area contributed by atoms with Crippen molar-refractivity contribution >= 4 is 18.1 Å². The van der Waals surface area contributed by atoms with Gasteiger partial charge in [-0.1, -0.05) is 13.8 Å². The van der Waals surface area contributed by atoms with E-state index in [1.807, 2.05) is 13.8 Å². The summed E-state index contributed by atoms with van der Waals surface area (Å²) < 4.78 is 10.2. The maximum Gasteiger partial charge on any atom is 0.410 e. The van der Waals surface area contributed by atoms with Crippen LogP contribution in [-0.4, -0.2) is 54.9 Å². The molecule has 0 aliphatic carbocycles. The quantitative estimate of drug-likeness (QED) is 0.406. The van der Waals surface area contributed by atoms with Crippen LogP contribution in [-0.2, 0) is 19.1 Å². The lowest BCUT2D eigenvalue weighted by Gasteiger charge is -2.26. The van der Waals surface area contributed by atoms with E-state index in [1.54, 1.807) is 20.8 Å². The van der Waals surface area contributed by atoms with Crippen LogP contribution in [0.25, 0.3) is 0 Å². The smallest absolute Gasteiger partial charge is 0.410 e. The highest BCUT2D eigenvalue weighted by molar-refractivity contribution is 5.78. The van der Waals surface area contributed by atoms with Gasteiger partial charge in [-0.3, -0.25) is 9.69 Å². The van der Waals surface area contributed by atoms with Crippen LogP contribution in [0.4, 0.5) is 4.79 Å². The monoisotopic (exact) mass is 300 g/mol. The van der Waals surface area contributed by atoms with Crippen molar-refractivity contribution in [3.05, 3.63) is 0 Å². The van der Waals surface area contributed by atoms with Gasteiger partial charge in [0.15, 0.2) is 0 Å². The van der Waals surface area contributed by atoms with Crippen molar-refractivity contribution in [2.24, 2.45) is 10.9 Å². The fraction of sp³-hybridized carbons (Fsp3) is 0.786. The minimum Gasteiger partial charge on any atom is -0.464 e. The Bertz CT molecular complexity index is 395. The number of hydrogen-bond donors (Lipinski definition) is 0. The third kappa shape index (κ3) is 10.6. The van der Waals surface area contributed by atoms with Gasteiger partial charge in [-0.05, 0) is 26.7 Å². The molecule has 0 unspecified atom stereocenters. The first-order valence-corrected chi connectivity index (χ1v) is 6.83. The van der Waals surface area contributed by atoms with E-state index in [4.69, 9.17) is 9.47 Å². The zero-order valence-electron chi connectivity index (χ0n) is 13.3. The molecule has 120 valence electrons. The fourth-order valence-corrected chi connectivity index (χ4v) is 1.24. The lowest BCUT2D eigenvalue weighted by atomic mass is 10.2. The van der Waals surface area contributed by atoms with Gasteiger partial charge in [0.2, 0.25) is 6.08 Å². The van der Waals surface area contributed by atoms with E-state index < -0.39 is 17.7 Å². The normalized spacial score (nSPS) is 10.8. The van der Waals surface area contributed by atoms with Crippen LogP contribution in [0.3, 0.4) is 0 Å². The Hall–Kier alpha value is -1.88. The number of ether oxygens (including phenoxy) is 2. The van der Waals surface area contributed by atoms with E-state index in [9.17, 15) is 14.4 Å². The second-order valence-electron chi connectivity index (χ2n) is 5.95. The van der Waals surface area contributed by atoms with Gasteiger partial charge in [-0.2, -0.15) is 0 Å². The Labute approximate surface area is 125 Å². The SMILES string of the molecule is CC(C)COC(=O)CN(CCN=C=O)C(=O)OC(C)(C)C. The molecule has 0 N–H and O–H groups in total. The first kappa shape index (κ1) is 19.1. The number of esters is 1. The molecule has 0 bridgehead atoms. The molecule has 0 aliphatic heterocycles. The van der Waals surface area contributed by atoms with Crippen molar-refractivity contribution in [1.29, 1.82) is 0 Å². The average molecular weight is 300 g/mol. The summed E-state index contributed by atoms with van der Waals surface area (Å²) in [5, 5.41) is 0. The van der Waals surface area contributed by atoms with E-state index >= 15 is 0 Å². The summed E-state index contributed by atoms with van der Waals surface area (Å²) in [7, 11) is 0. The maximum absolute atomic E-state index is 12.0. The molecule has 0 saturated carbocycles. The Kier molecular flexibility index (Phi) is 8.31. The van der Waals surface area contributed by atoms with Crippen molar-refractivity contribution in [1.82, 2.24) is 4.90 Å². The van der Waals surface area contributed by atoms with Crippen molar-refractivity contribution in [2.45, 2.75) is 40.2 Å². The van der Waals surface area contributed by atoms with E-state index in [0.717, 1.165) is 4.90 Å². The number of rotatable bonds is 7. The van der Waals surface area contributed by atoms with Crippen LogP contribution < -0.4 is 0 Å². The van der Waals surface area contributed by atoms with Gasteiger partial charge in [-0.25, -0.2) is 14.6 Å². The summed E-state index contributed by atoms with van der Waals surface area (Å²) in [6.45, 7) is 9.19. The standard InChI is InChI=1S/C14H24N2O5/c1-11(2)9-20-12(18)8-16(7-6-15-10-17)13(19)21-14(3,4)5/h11H,6-9H2,1-5H3. The molecular formula is C14H24N2O5. The van der Waals surface area contributed by atoms with Crippen LogP contribution in [0.1, 0.15) is 34.6 Å². The largest absolute Gasteiger partial charge is 0.464 e. The summed E-state index contributed by atoms with van der Waals surface area (Å²) in [5.41, 5.74) is -0.675. The zero-order valence-corrected chi connectivity index (χ0v) is 13.3. The van der Waals surface area contributed by atoms with Crippen molar-refractivity contribution in [2.75, 3.05) is 26.2 Å². The highest BCUT2D eigenvalue weighted by atomic mass is 16.6. The van der Waals surface area contributed by atoms with Gasteiger partial charge in [0.25, 0.3) is 0 Å². The molecule has 7 heteroatoms. The van der Waals surface area contributed by atoms with Gasteiger partial charge < -0.3 is 9.47 Å². The number of carbonyl (C=O) groups excluding carboxylic acids is 3. The van der Waals surface area contributed by atoms with E-state index in [-0.39, 0.29) is 32.2 Å². The highest BCUT2D eigenvalue weighted by Gasteiger charge is 2.24. The number of amides is 1. The second-order valence-corrected chi connectivity index (χ2v) is 5.95. The number of hydrogen-bond acceptors (Lipinski definition) is 6. The lowest BCUT2D eigenvalue weighted by Crippen LogP contribution is -2.41. The molecule has 0 spiro atoms. The van der Waals surface area contributed by atoms with Crippen LogP contribution in [0.2, 0.25) is 0 Å². The molecule has 0 rings (SSSR count). The Morgan fingerprint density at radius 1 is 1.29 bits per heavy atom. The Morgan fingerprint density at radius 2 is 1.90 bits per heavy atom. The summed E-state index contributed by atoms with van der Waals surface area (Å²) in [6, 6.07) is 0. The van der Waals surface area contributed by atoms with Gasteiger partial charge in [0.1, 0.15) is 12.1 Å². The van der Waals surface area contributed by atoms with Gasteiger partial charge in [-0.15, -0.1) is 0 Å². The lowest BCUT2D eigenvalue weighted by molar-refractivity contribution is -0.145. The number of aliphatic imine (C=N–C) groups is 1.